The highest BCUT2D eigenvalue weighted by Gasteiger charge is 2.44. The van der Waals surface area contributed by atoms with Crippen LogP contribution in [0.2, 0.25) is 0 Å². The van der Waals surface area contributed by atoms with E-state index in [1.165, 1.54) is 11.1 Å². The number of likely N-dealkylation sites (tertiary alicyclic amines) is 1. The normalized spacial score (nSPS) is 23.2. The molecule has 1 aliphatic heterocycles. The van der Waals surface area contributed by atoms with Gasteiger partial charge in [0, 0.05) is 19.5 Å². The molecule has 2 aliphatic rings. The van der Waals surface area contributed by atoms with E-state index >= 15 is 0 Å². The maximum atomic E-state index is 12.6. The van der Waals surface area contributed by atoms with E-state index in [0.29, 0.717) is 19.5 Å². The van der Waals surface area contributed by atoms with Crippen molar-refractivity contribution in [2.75, 3.05) is 13.1 Å². The third-order valence-electron chi connectivity index (χ3n) is 5.35. The van der Waals surface area contributed by atoms with Crippen LogP contribution in [0.5, 0.6) is 0 Å². The number of aliphatic hydroxyl groups excluding tert-OH is 1. The number of alkyl halides is 3. The second kappa shape index (κ2) is 6.75. The van der Waals surface area contributed by atoms with E-state index in [2.05, 4.69) is 12.1 Å². The number of piperidine rings is 1. The zero-order chi connectivity index (χ0) is 17.3. The molecular weight excluding hydrogens is 319 g/mol. The van der Waals surface area contributed by atoms with Gasteiger partial charge in [-0.1, -0.05) is 24.3 Å². The summed E-state index contributed by atoms with van der Waals surface area (Å²) in [5.41, 5.74) is 2.52. The van der Waals surface area contributed by atoms with Gasteiger partial charge >= 0.3 is 6.18 Å². The smallest absolute Gasteiger partial charge is 0.383 e. The van der Waals surface area contributed by atoms with Crippen molar-refractivity contribution >= 4 is 5.91 Å². The topological polar surface area (TPSA) is 40.5 Å². The third-order valence-corrected chi connectivity index (χ3v) is 5.35. The van der Waals surface area contributed by atoms with E-state index in [-0.39, 0.29) is 24.7 Å². The highest BCUT2D eigenvalue weighted by molar-refractivity contribution is 5.77. The predicted molar refractivity (Wildman–Crippen MR) is 83.5 cm³/mol. The Bertz CT molecular complexity index is 594. The molecule has 1 amide bonds. The number of rotatable bonds is 3. The van der Waals surface area contributed by atoms with Gasteiger partial charge in [-0.2, -0.15) is 13.2 Å². The minimum atomic E-state index is -4.58. The van der Waals surface area contributed by atoms with Crippen molar-refractivity contribution < 1.29 is 23.1 Å². The highest BCUT2D eigenvalue weighted by atomic mass is 19.4. The summed E-state index contributed by atoms with van der Waals surface area (Å²) in [4.78, 5) is 14.1. The molecule has 1 aromatic rings. The largest absolute Gasteiger partial charge is 0.414 e. The Morgan fingerprint density at radius 3 is 2.54 bits per heavy atom. The van der Waals surface area contributed by atoms with Crippen LogP contribution >= 0.6 is 0 Å². The van der Waals surface area contributed by atoms with Gasteiger partial charge < -0.3 is 10.0 Å². The summed E-state index contributed by atoms with van der Waals surface area (Å²) in [6.07, 6.45) is -4.10. The molecule has 132 valence electrons. The van der Waals surface area contributed by atoms with Crippen LogP contribution in [0.4, 0.5) is 13.2 Å². The lowest BCUT2D eigenvalue weighted by atomic mass is 9.90. The van der Waals surface area contributed by atoms with Gasteiger partial charge in [0.05, 0.1) is 0 Å². The third kappa shape index (κ3) is 3.58. The number of halogens is 3. The molecule has 0 saturated carbocycles. The summed E-state index contributed by atoms with van der Waals surface area (Å²) < 4.78 is 37.7. The fourth-order valence-corrected chi connectivity index (χ4v) is 3.93. The second-order valence-corrected chi connectivity index (χ2v) is 6.84. The molecule has 1 heterocycles. The number of nitrogens with zero attached hydrogens (tertiary/aromatic N) is 1. The number of hydrogen-bond acceptors (Lipinski definition) is 2. The summed E-state index contributed by atoms with van der Waals surface area (Å²) in [5, 5.41) is 9.35. The zero-order valence-electron chi connectivity index (χ0n) is 13.4. The molecule has 1 N–H and O–H groups in total. The van der Waals surface area contributed by atoms with Crippen LogP contribution in [0.15, 0.2) is 24.3 Å². The molecule has 1 fully saturated rings. The van der Waals surface area contributed by atoms with Crippen molar-refractivity contribution in [1.29, 1.82) is 0 Å². The van der Waals surface area contributed by atoms with Crippen LogP contribution in [-0.2, 0) is 11.2 Å². The predicted octanol–water partition coefficient (Wildman–Crippen LogP) is 3.27. The molecule has 0 aromatic heterocycles. The molecule has 3 nitrogen and oxygen atoms in total. The molecule has 3 rings (SSSR count). The molecule has 0 spiro atoms. The molecule has 1 saturated heterocycles. The van der Waals surface area contributed by atoms with Crippen molar-refractivity contribution in [2.24, 2.45) is 5.92 Å². The lowest BCUT2D eigenvalue weighted by Gasteiger charge is -2.35. The fourth-order valence-electron chi connectivity index (χ4n) is 3.93. The number of aryl methyl sites for hydroxylation is 1. The number of benzene rings is 1. The van der Waals surface area contributed by atoms with Crippen LogP contribution in [0.1, 0.15) is 42.7 Å². The number of carbonyl (C=O) groups excluding carboxylic acids is 1. The molecule has 6 heteroatoms. The van der Waals surface area contributed by atoms with Crippen molar-refractivity contribution in [3.63, 3.8) is 0 Å². The number of amides is 1. The number of fused-ring (bicyclic) bond motifs is 1. The van der Waals surface area contributed by atoms with E-state index in [0.717, 1.165) is 12.8 Å². The van der Waals surface area contributed by atoms with E-state index in [1.54, 1.807) is 4.90 Å². The lowest BCUT2D eigenvalue weighted by Crippen LogP contribution is -2.45. The standard InChI is InChI=1S/C18H22F3NO2/c19-18(20,21)17(24)13-7-9-22(10-8-13)16(23)11-14-6-5-12-3-1-2-4-15(12)14/h1-4,13-14,17,24H,5-11H2. The van der Waals surface area contributed by atoms with Crippen LogP contribution in [0.3, 0.4) is 0 Å². The number of aliphatic hydroxyl groups is 1. The van der Waals surface area contributed by atoms with Crippen molar-refractivity contribution in [2.45, 2.75) is 50.3 Å². The molecule has 1 aromatic carbocycles. The SMILES string of the molecule is O=C(CC1CCc2ccccc21)N1CCC(C(O)C(F)(F)F)CC1. The summed E-state index contributed by atoms with van der Waals surface area (Å²) in [7, 11) is 0. The maximum absolute atomic E-state index is 12.6. The monoisotopic (exact) mass is 341 g/mol. The van der Waals surface area contributed by atoms with E-state index in [1.807, 2.05) is 12.1 Å². The number of hydrogen-bond donors (Lipinski definition) is 1. The summed E-state index contributed by atoms with van der Waals surface area (Å²) in [5.74, 6) is -0.579. The van der Waals surface area contributed by atoms with Crippen LogP contribution < -0.4 is 0 Å². The first-order chi connectivity index (χ1) is 11.4. The maximum Gasteiger partial charge on any atom is 0.414 e. The summed E-state index contributed by atoms with van der Waals surface area (Å²) >= 11 is 0. The summed E-state index contributed by atoms with van der Waals surface area (Å²) in [6, 6.07) is 8.13. The quantitative estimate of drug-likeness (QED) is 0.917. The van der Waals surface area contributed by atoms with E-state index < -0.39 is 18.2 Å². The first-order valence-corrected chi connectivity index (χ1v) is 8.46. The Balaban J connectivity index is 1.53. The van der Waals surface area contributed by atoms with E-state index in [4.69, 9.17) is 0 Å². The average Bonchev–Trinajstić information content (AvgIpc) is 2.96. The highest BCUT2D eigenvalue weighted by Crippen LogP contribution is 2.36. The van der Waals surface area contributed by atoms with Crippen LogP contribution in [0, 0.1) is 5.92 Å². The van der Waals surface area contributed by atoms with Gasteiger partial charge in [0.2, 0.25) is 5.91 Å². The minimum Gasteiger partial charge on any atom is -0.383 e. The zero-order valence-corrected chi connectivity index (χ0v) is 13.4. The average molecular weight is 341 g/mol. The van der Waals surface area contributed by atoms with Gasteiger partial charge in [-0.25, -0.2) is 0 Å². The van der Waals surface area contributed by atoms with Crippen LogP contribution in [0.25, 0.3) is 0 Å². The molecule has 24 heavy (non-hydrogen) atoms. The number of carbonyl (C=O) groups is 1. The Labute approximate surface area is 139 Å². The van der Waals surface area contributed by atoms with Crippen LogP contribution in [-0.4, -0.2) is 41.3 Å². The molecule has 1 aliphatic carbocycles. The Morgan fingerprint density at radius 2 is 1.88 bits per heavy atom. The Hall–Kier alpha value is -1.56. The van der Waals surface area contributed by atoms with Gasteiger partial charge in [-0.15, -0.1) is 0 Å². The van der Waals surface area contributed by atoms with Crippen molar-refractivity contribution in [3.8, 4) is 0 Å². The summed E-state index contributed by atoms with van der Waals surface area (Å²) in [6.45, 7) is 0.593. The first kappa shape index (κ1) is 17.3. The van der Waals surface area contributed by atoms with Gasteiger partial charge in [-0.05, 0) is 48.6 Å². The molecule has 0 radical (unpaired) electrons. The van der Waals surface area contributed by atoms with Gasteiger partial charge in [0.25, 0.3) is 0 Å². The van der Waals surface area contributed by atoms with E-state index in [9.17, 15) is 23.1 Å². The van der Waals surface area contributed by atoms with Crippen molar-refractivity contribution in [1.82, 2.24) is 4.90 Å². The second-order valence-electron chi connectivity index (χ2n) is 6.84. The van der Waals surface area contributed by atoms with Gasteiger partial charge in [0.15, 0.2) is 6.10 Å². The first-order valence-electron chi connectivity index (χ1n) is 8.46. The molecule has 2 atom stereocenters. The fraction of sp³-hybridized carbons (Fsp3) is 0.611. The van der Waals surface area contributed by atoms with Gasteiger partial charge in [-0.3, -0.25) is 4.79 Å². The molecule has 0 bridgehead atoms. The molecular formula is C18H22F3NO2. The van der Waals surface area contributed by atoms with Gasteiger partial charge in [0.1, 0.15) is 0 Å². The lowest BCUT2D eigenvalue weighted by molar-refractivity contribution is -0.222. The molecule has 2 unspecified atom stereocenters. The Morgan fingerprint density at radius 1 is 1.21 bits per heavy atom. The minimum absolute atomic E-state index is 0.0108. The Kier molecular flexibility index (Phi) is 4.85. The van der Waals surface area contributed by atoms with Crippen molar-refractivity contribution in [3.05, 3.63) is 35.4 Å².